The molecule has 0 bridgehead atoms. The van der Waals surface area contributed by atoms with E-state index in [1.807, 2.05) is 0 Å². The Morgan fingerprint density at radius 2 is 1.81 bits per heavy atom. The van der Waals surface area contributed by atoms with Crippen molar-refractivity contribution in [1.29, 1.82) is 0 Å². The van der Waals surface area contributed by atoms with E-state index in [9.17, 15) is 0 Å². The van der Waals surface area contributed by atoms with Gasteiger partial charge in [0.2, 0.25) is 0 Å². The Hall–Kier alpha value is -0.120. The van der Waals surface area contributed by atoms with Gasteiger partial charge >= 0.3 is 0 Å². The van der Waals surface area contributed by atoms with Crippen LogP contribution in [0.5, 0.6) is 0 Å². The van der Waals surface area contributed by atoms with Crippen LogP contribution < -0.4 is 5.32 Å². The lowest BCUT2D eigenvalue weighted by molar-refractivity contribution is 0.527. The van der Waals surface area contributed by atoms with Gasteiger partial charge in [-0.05, 0) is 32.4 Å². The number of thioether (sulfide) groups is 2. The van der Waals surface area contributed by atoms with Crippen LogP contribution in [-0.4, -0.2) is 28.0 Å². The second-order valence-corrected chi connectivity index (χ2v) is 9.30. The Balaban J connectivity index is 2.21. The number of aryl methyl sites for hydroxylation is 2. The second kappa shape index (κ2) is 7.94. The summed E-state index contributed by atoms with van der Waals surface area (Å²) in [4.78, 5) is 0. The van der Waals surface area contributed by atoms with Gasteiger partial charge in [-0.1, -0.05) is 50.1 Å². The lowest BCUT2D eigenvalue weighted by Crippen LogP contribution is -2.37. The standard InChI is InChI=1S/C18H29NS2/c1-6-7-19-18(16-9-12(2)8-13(3)10-16)17-11-20-14(4)15(5)21-17/h8-10,14-15,17-19H,6-7,11H2,1-5H3. The molecule has 1 aliphatic rings. The highest BCUT2D eigenvalue weighted by atomic mass is 32.2. The maximum absolute atomic E-state index is 3.81. The molecule has 1 fully saturated rings. The van der Waals surface area contributed by atoms with Crippen molar-refractivity contribution in [3.63, 3.8) is 0 Å². The van der Waals surface area contributed by atoms with Crippen molar-refractivity contribution in [2.45, 2.75) is 62.8 Å². The molecule has 0 aliphatic carbocycles. The van der Waals surface area contributed by atoms with E-state index in [0.717, 1.165) is 17.0 Å². The van der Waals surface area contributed by atoms with Gasteiger partial charge in [0.25, 0.3) is 0 Å². The highest BCUT2D eigenvalue weighted by molar-refractivity contribution is 8.07. The second-order valence-electron chi connectivity index (χ2n) is 6.27. The molecule has 118 valence electrons. The van der Waals surface area contributed by atoms with Crippen LogP contribution in [0.4, 0.5) is 0 Å². The van der Waals surface area contributed by atoms with Crippen molar-refractivity contribution in [2.24, 2.45) is 0 Å². The van der Waals surface area contributed by atoms with E-state index in [0.29, 0.717) is 11.3 Å². The first-order chi connectivity index (χ1) is 10.0. The average molecular weight is 324 g/mol. The molecule has 1 saturated heterocycles. The number of rotatable bonds is 5. The molecule has 1 nitrogen and oxygen atoms in total. The monoisotopic (exact) mass is 323 g/mol. The number of hydrogen-bond acceptors (Lipinski definition) is 3. The fourth-order valence-corrected chi connectivity index (χ4v) is 6.05. The highest BCUT2D eigenvalue weighted by Gasteiger charge is 2.31. The fourth-order valence-electron chi connectivity index (χ4n) is 2.94. The molecule has 1 aromatic carbocycles. The Morgan fingerprint density at radius 3 is 2.38 bits per heavy atom. The van der Waals surface area contributed by atoms with Crippen molar-refractivity contribution < 1.29 is 0 Å². The van der Waals surface area contributed by atoms with Crippen molar-refractivity contribution in [3.8, 4) is 0 Å². The van der Waals surface area contributed by atoms with Gasteiger partial charge in [-0.2, -0.15) is 23.5 Å². The van der Waals surface area contributed by atoms with E-state index in [-0.39, 0.29) is 0 Å². The molecule has 1 aliphatic heterocycles. The van der Waals surface area contributed by atoms with Gasteiger partial charge in [0.1, 0.15) is 0 Å². The predicted octanol–water partition coefficient (Wildman–Crippen LogP) is 4.97. The molecule has 2 rings (SSSR count). The van der Waals surface area contributed by atoms with E-state index >= 15 is 0 Å². The van der Waals surface area contributed by atoms with Gasteiger partial charge in [-0.15, -0.1) is 0 Å². The molecule has 4 atom stereocenters. The topological polar surface area (TPSA) is 12.0 Å². The molecule has 0 spiro atoms. The molecule has 0 amide bonds. The lowest BCUT2D eigenvalue weighted by Gasteiger charge is -2.36. The summed E-state index contributed by atoms with van der Waals surface area (Å²) in [6, 6.07) is 7.49. The van der Waals surface area contributed by atoms with Crippen LogP contribution in [0.3, 0.4) is 0 Å². The van der Waals surface area contributed by atoms with Crippen LogP contribution in [0.25, 0.3) is 0 Å². The van der Waals surface area contributed by atoms with E-state index < -0.39 is 0 Å². The number of benzene rings is 1. The minimum Gasteiger partial charge on any atom is -0.309 e. The molecule has 0 aromatic heterocycles. The maximum atomic E-state index is 3.81. The lowest BCUT2D eigenvalue weighted by atomic mass is 9.99. The first kappa shape index (κ1) is 17.2. The van der Waals surface area contributed by atoms with Crippen LogP contribution in [-0.2, 0) is 0 Å². The summed E-state index contributed by atoms with van der Waals surface area (Å²) in [5.41, 5.74) is 4.23. The van der Waals surface area contributed by atoms with Gasteiger partial charge in [-0.3, -0.25) is 0 Å². The van der Waals surface area contributed by atoms with E-state index in [4.69, 9.17) is 0 Å². The highest BCUT2D eigenvalue weighted by Crippen LogP contribution is 2.41. The largest absolute Gasteiger partial charge is 0.309 e. The van der Waals surface area contributed by atoms with Crippen molar-refractivity contribution >= 4 is 23.5 Å². The molecule has 1 heterocycles. The summed E-state index contributed by atoms with van der Waals surface area (Å²) in [6.07, 6.45) is 1.19. The first-order valence-corrected chi connectivity index (χ1v) is 10.1. The molecule has 21 heavy (non-hydrogen) atoms. The van der Waals surface area contributed by atoms with Crippen LogP contribution in [0.15, 0.2) is 18.2 Å². The van der Waals surface area contributed by atoms with Crippen LogP contribution in [0.2, 0.25) is 0 Å². The zero-order valence-corrected chi connectivity index (χ0v) is 15.6. The first-order valence-electron chi connectivity index (χ1n) is 8.10. The fraction of sp³-hybridized carbons (Fsp3) is 0.667. The van der Waals surface area contributed by atoms with Gasteiger partial charge in [0, 0.05) is 27.5 Å². The number of nitrogens with one attached hydrogen (secondary N) is 1. The predicted molar refractivity (Wildman–Crippen MR) is 99.7 cm³/mol. The third kappa shape index (κ3) is 4.67. The summed E-state index contributed by atoms with van der Waals surface area (Å²) in [6.45, 7) is 12.5. The van der Waals surface area contributed by atoms with E-state index in [1.54, 1.807) is 0 Å². The Kier molecular flexibility index (Phi) is 6.51. The van der Waals surface area contributed by atoms with Gasteiger partial charge in [-0.25, -0.2) is 0 Å². The summed E-state index contributed by atoms with van der Waals surface area (Å²) in [5.74, 6) is 1.25. The normalized spacial score (nSPS) is 27.6. The third-order valence-corrected chi connectivity index (χ3v) is 7.66. The Morgan fingerprint density at radius 1 is 1.14 bits per heavy atom. The minimum absolute atomic E-state index is 0.482. The summed E-state index contributed by atoms with van der Waals surface area (Å²) in [7, 11) is 0. The summed E-state index contributed by atoms with van der Waals surface area (Å²) in [5, 5.41) is 6.00. The Labute approximate surface area is 139 Å². The van der Waals surface area contributed by atoms with Gasteiger partial charge in [0.05, 0.1) is 0 Å². The van der Waals surface area contributed by atoms with Crippen LogP contribution in [0, 0.1) is 13.8 Å². The molecular formula is C18H29NS2. The van der Waals surface area contributed by atoms with Crippen LogP contribution in [0.1, 0.15) is 49.9 Å². The molecule has 3 heteroatoms. The smallest absolute Gasteiger partial charge is 0.0448 e. The molecule has 0 saturated carbocycles. The molecular weight excluding hydrogens is 294 g/mol. The molecule has 0 radical (unpaired) electrons. The minimum atomic E-state index is 0.482. The quantitative estimate of drug-likeness (QED) is 0.821. The van der Waals surface area contributed by atoms with Gasteiger partial charge in [0.15, 0.2) is 0 Å². The Bertz CT molecular complexity index is 440. The number of hydrogen-bond donors (Lipinski definition) is 1. The molecule has 1 N–H and O–H groups in total. The van der Waals surface area contributed by atoms with Gasteiger partial charge < -0.3 is 5.32 Å². The van der Waals surface area contributed by atoms with Crippen molar-refractivity contribution in [2.75, 3.05) is 12.3 Å². The SMILES string of the molecule is CCCNC(c1cc(C)cc(C)c1)C1CSC(C)C(C)S1. The molecule has 1 aromatic rings. The molecule has 4 unspecified atom stereocenters. The summed E-state index contributed by atoms with van der Waals surface area (Å²) >= 11 is 4.31. The van der Waals surface area contributed by atoms with E-state index in [1.165, 1.54) is 28.9 Å². The maximum Gasteiger partial charge on any atom is 0.0448 e. The van der Waals surface area contributed by atoms with Crippen molar-refractivity contribution in [3.05, 3.63) is 34.9 Å². The zero-order valence-electron chi connectivity index (χ0n) is 14.0. The average Bonchev–Trinajstić information content (AvgIpc) is 2.42. The van der Waals surface area contributed by atoms with Crippen molar-refractivity contribution in [1.82, 2.24) is 5.32 Å². The zero-order chi connectivity index (χ0) is 15.4. The van der Waals surface area contributed by atoms with Crippen LogP contribution >= 0.6 is 23.5 Å². The van der Waals surface area contributed by atoms with E-state index in [2.05, 4.69) is 81.7 Å². The third-order valence-electron chi connectivity index (χ3n) is 4.16. The summed E-state index contributed by atoms with van der Waals surface area (Å²) < 4.78 is 0.